The molecule has 17 heavy (non-hydrogen) atoms. The van der Waals surface area contributed by atoms with E-state index in [1.807, 2.05) is 11.8 Å². The first-order chi connectivity index (χ1) is 8.02. The molecule has 0 spiro atoms. The molecule has 0 radical (unpaired) electrons. The van der Waals surface area contributed by atoms with Crippen LogP contribution in [0.3, 0.4) is 0 Å². The summed E-state index contributed by atoms with van der Waals surface area (Å²) in [4.78, 5) is 2.50. The summed E-state index contributed by atoms with van der Waals surface area (Å²) in [6.45, 7) is 10.3. The van der Waals surface area contributed by atoms with Crippen LogP contribution in [0.4, 0.5) is 0 Å². The molecule has 3 heteroatoms. The molecule has 0 aromatic carbocycles. The average Bonchev–Trinajstić information content (AvgIpc) is 2.32. The van der Waals surface area contributed by atoms with Crippen LogP contribution in [-0.4, -0.2) is 48.6 Å². The first-order valence-electron chi connectivity index (χ1n) is 6.97. The summed E-state index contributed by atoms with van der Waals surface area (Å²) in [5.74, 6) is 1.26. The van der Waals surface area contributed by atoms with E-state index in [0.29, 0.717) is 18.1 Å². The van der Waals surface area contributed by atoms with Crippen LogP contribution in [0.5, 0.6) is 0 Å². The van der Waals surface area contributed by atoms with Gasteiger partial charge in [0.25, 0.3) is 0 Å². The second-order valence-corrected chi connectivity index (χ2v) is 6.23. The van der Waals surface area contributed by atoms with Crippen LogP contribution in [0, 0.1) is 0 Å². The van der Waals surface area contributed by atoms with Crippen LogP contribution in [-0.2, 0) is 0 Å². The number of nitrogens with one attached hydrogen (secondary N) is 1. The average molecular weight is 260 g/mol. The van der Waals surface area contributed by atoms with Gasteiger partial charge in [-0.05, 0) is 52.7 Å². The molecule has 0 saturated heterocycles. The minimum atomic E-state index is 0.617. The lowest BCUT2D eigenvalue weighted by Gasteiger charge is -2.31. The largest absolute Gasteiger partial charge is 0.313 e. The molecule has 1 N–H and O–H groups in total. The topological polar surface area (TPSA) is 15.3 Å². The number of nitrogens with zero attached hydrogens (tertiary/aromatic N) is 1. The van der Waals surface area contributed by atoms with Crippen molar-refractivity contribution in [1.29, 1.82) is 0 Å². The van der Waals surface area contributed by atoms with E-state index in [1.54, 1.807) is 0 Å². The van der Waals surface area contributed by atoms with Crippen LogP contribution in [0.15, 0.2) is 0 Å². The van der Waals surface area contributed by atoms with Crippen molar-refractivity contribution in [2.45, 2.75) is 65.1 Å². The van der Waals surface area contributed by atoms with Gasteiger partial charge in [0.1, 0.15) is 0 Å². The Hall–Kier alpha value is 0.270. The van der Waals surface area contributed by atoms with Crippen molar-refractivity contribution in [3.8, 4) is 0 Å². The maximum atomic E-state index is 3.63. The molecule has 0 bridgehead atoms. The molecule has 0 rings (SSSR count). The van der Waals surface area contributed by atoms with Crippen LogP contribution in [0.1, 0.15) is 47.0 Å². The smallest absolute Gasteiger partial charge is 0.0192 e. The van der Waals surface area contributed by atoms with Crippen molar-refractivity contribution in [3.05, 3.63) is 0 Å². The number of hydrogen-bond donors (Lipinski definition) is 1. The molecule has 0 heterocycles. The van der Waals surface area contributed by atoms with Crippen LogP contribution in [0.25, 0.3) is 0 Å². The van der Waals surface area contributed by atoms with E-state index in [2.05, 4.69) is 51.2 Å². The van der Waals surface area contributed by atoms with Crippen LogP contribution < -0.4 is 5.32 Å². The Kier molecular flexibility index (Phi) is 10.4. The molecule has 0 aromatic rings. The van der Waals surface area contributed by atoms with Crippen molar-refractivity contribution < 1.29 is 0 Å². The van der Waals surface area contributed by atoms with Gasteiger partial charge in [0.2, 0.25) is 0 Å². The molecule has 3 unspecified atom stereocenters. The molecular weight excluding hydrogens is 228 g/mol. The van der Waals surface area contributed by atoms with Gasteiger partial charge in [-0.25, -0.2) is 0 Å². The Morgan fingerprint density at radius 2 is 1.76 bits per heavy atom. The van der Waals surface area contributed by atoms with Gasteiger partial charge in [0.05, 0.1) is 0 Å². The van der Waals surface area contributed by atoms with Gasteiger partial charge in [-0.1, -0.05) is 13.3 Å². The minimum absolute atomic E-state index is 0.617. The van der Waals surface area contributed by atoms with E-state index in [1.165, 1.54) is 25.0 Å². The van der Waals surface area contributed by atoms with E-state index in [9.17, 15) is 0 Å². The zero-order chi connectivity index (χ0) is 13.3. The fourth-order valence-corrected chi connectivity index (χ4v) is 2.55. The normalized spacial score (nSPS) is 17.1. The zero-order valence-electron chi connectivity index (χ0n) is 12.6. The standard InChI is InChI=1S/C14H32N2S/c1-7-8-12(2)15-11-14(4)16(5)13(3)9-10-17-6/h12-15H,7-11H2,1-6H3. The second kappa shape index (κ2) is 10.2. The van der Waals surface area contributed by atoms with Crippen molar-refractivity contribution in [1.82, 2.24) is 10.2 Å². The van der Waals surface area contributed by atoms with Crippen molar-refractivity contribution in [2.24, 2.45) is 0 Å². The molecule has 0 fully saturated rings. The summed E-state index contributed by atoms with van der Waals surface area (Å²) in [6, 6.07) is 1.95. The number of likely N-dealkylation sites (N-methyl/N-ethyl adjacent to an activating group) is 1. The van der Waals surface area contributed by atoms with Crippen molar-refractivity contribution in [2.75, 3.05) is 25.6 Å². The highest BCUT2D eigenvalue weighted by Crippen LogP contribution is 2.09. The summed E-state index contributed by atoms with van der Waals surface area (Å²) >= 11 is 1.94. The maximum absolute atomic E-state index is 3.63. The second-order valence-electron chi connectivity index (χ2n) is 5.24. The summed E-state index contributed by atoms with van der Waals surface area (Å²) in [7, 11) is 2.25. The lowest BCUT2D eigenvalue weighted by Crippen LogP contribution is -2.44. The van der Waals surface area contributed by atoms with E-state index < -0.39 is 0 Å². The Balaban J connectivity index is 3.83. The maximum Gasteiger partial charge on any atom is 0.0192 e. The number of rotatable bonds is 10. The first-order valence-corrected chi connectivity index (χ1v) is 8.36. The van der Waals surface area contributed by atoms with Crippen molar-refractivity contribution in [3.63, 3.8) is 0 Å². The molecule has 0 aliphatic rings. The lowest BCUT2D eigenvalue weighted by molar-refractivity contribution is 0.185. The third-order valence-corrected chi connectivity index (χ3v) is 4.26. The fourth-order valence-electron chi connectivity index (χ4n) is 1.98. The highest BCUT2D eigenvalue weighted by Gasteiger charge is 2.15. The molecule has 0 aromatic heterocycles. The van der Waals surface area contributed by atoms with Gasteiger partial charge in [0.15, 0.2) is 0 Å². The first kappa shape index (κ1) is 17.3. The van der Waals surface area contributed by atoms with E-state index in [4.69, 9.17) is 0 Å². The van der Waals surface area contributed by atoms with Crippen LogP contribution >= 0.6 is 11.8 Å². The molecule has 104 valence electrons. The predicted molar refractivity (Wildman–Crippen MR) is 82.1 cm³/mol. The zero-order valence-corrected chi connectivity index (χ0v) is 13.4. The van der Waals surface area contributed by atoms with E-state index in [0.717, 1.165) is 6.54 Å². The third-order valence-electron chi connectivity index (χ3n) is 3.61. The molecule has 3 atom stereocenters. The summed E-state index contributed by atoms with van der Waals surface area (Å²) in [6.07, 6.45) is 6.01. The van der Waals surface area contributed by atoms with Gasteiger partial charge >= 0.3 is 0 Å². The molecule has 0 amide bonds. The lowest BCUT2D eigenvalue weighted by atomic mass is 10.1. The Morgan fingerprint density at radius 1 is 1.12 bits per heavy atom. The van der Waals surface area contributed by atoms with Crippen LogP contribution in [0.2, 0.25) is 0 Å². The van der Waals surface area contributed by atoms with E-state index >= 15 is 0 Å². The molecule has 0 aliphatic heterocycles. The summed E-state index contributed by atoms with van der Waals surface area (Å²) in [5, 5.41) is 3.63. The highest BCUT2D eigenvalue weighted by atomic mass is 32.2. The van der Waals surface area contributed by atoms with E-state index in [-0.39, 0.29) is 0 Å². The summed E-state index contributed by atoms with van der Waals surface area (Å²) < 4.78 is 0. The predicted octanol–water partition coefficient (Wildman–Crippen LogP) is 3.23. The quantitative estimate of drug-likeness (QED) is 0.649. The fraction of sp³-hybridized carbons (Fsp3) is 1.00. The van der Waals surface area contributed by atoms with Gasteiger partial charge in [-0.15, -0.1) is 0 Å². The Morgan fingerprint density at radius 3 is 2.29 bits per heavy atom. The monoisotopic (exact) mass is 260 g/mol. The number of hydrogen-bond acceptors (Lipinski definition) is 3. The van der Waals surface area contributed by atoms with Gasteiger partial charge in [0, 0.05) is 24.7 Å². The molecule has 2 nitrogen and oxygen atoms in total. The van der Waals surface area contributed by atoms with Gasteiger partial charge in [-0.3, -0.25) is 4.90 Å². The molecule has 0 aliphatic carbocycles. The van der Waals surface area contributed by atoms with Gasteiger partial charge in [-0.2, -0.15) is 11.8 Å². The van der Waals surface area contributed by atoms with Gasteiger partial charge < -0.3 is 5.32 Å². The molecular formula is C14H32N2S. The SMILES string of the molecule is CCCC(C)NCC(C)N(C)C(C)CCSC. The molecule has 0 saturated carbocycles. The Labute approximate surface area is 113 Å². The number of thioether (sulfide) groups is 1. The highest BCUT2D eigenvalue weighted by molar-refractivity contribution is 7.98. The van der Waals surface area contributed by atoms with Crippen molar-refractivity contribution >= 4 is 11.8 Å². The summed E-state index contributed by atoms with van der Waals surface area (Å²) in [5.41, 5.74) is 0. The minimum Gasteiger partial charge on any atom is -0.313 e. The third kappa shape index (κ3) is 8.06. The Bertz CT molecular complexity index is 176.